The summed E-state index contributed by atoms with van der Waals surface area (Å²) in [5, 5.41) is 2.82. The first kappa shape index (κ1) is 14.4. The highest BCUT2D eigenvalue weighted by Gasteiger charge is 2.20. The Balaban J connectivity index is 1.92. The van der Waals surface area contributed by atoms with Crippen LogP contribution in [0.4, 0.5) is 10.5 Å². The minimum atomic E-state index is 0.00429. The van der Waals surface area contributed by atoms with Gasteiger partial charge in [-0.3, -0.25) is 0 Å². The predicted octanol–water partition coefficient (Wildman–Crippen LogP) is 2.32. The van der Waals surface area contributed by atoms with Crippen LogP contribution >= 0.6 is 0 Å². The summed E-state index contributed by atoms with van der Waals surface area (Å²) in [6, 6.07) is 6.55. The Morgan fingerprint density at radius 2 is 1.95 bits per heavy atom. The van der Waals surface area contributed by atoms with Gasteiger partial charge < -0.3 is 15.1 Å². The molecule has 1 aliphatic rings. The molecule has 0 bridgehead atoms. The standard InChI is InChI=1S/C16H23N3O/c1-4-7-17-16(20)19-10-8-18(9-11-19)15-6-5-13(2)14(3)12-15/h4-6,12H,1,7-11H2,2-3H3,(H,17,20). The van der Waals surface area contributed by atoms with Gasteiger partial charge >= 0.3 is 6.03 Å². The van der Waals surface area contributed by atoms with Crippen molar-refractivity contribution in [1.29, 1.82) is 0 Å². The van der Waals surface area contributed by atoms with Gasteiger partial charge in [0.1, 0.15) is 0 Å². The summed E-state index contributed by atoms with van der Waals surface area (Å²) in [6.07, 6.45) is 1.70. The van der Waals surface area contributed by atoms with Crippen molar-refractivity contribution in [3.05, 3.63) is 42.0 Å². The van der Waals surface area contributed by atoms with Crippen molar-refractivity contribution in [2.45, 2.75) is 13.8 Å². The van der Waals surface area contributed by atoms with Crippen molar-refractivity contribution < 1.29 is 4.79 Å². The van der Waals surface area contributed by atoms with E-state index in [1.807, 2.05) is 4.90 Å². The Labute approximate surface area is 121 Å². The van der Waals surface area contributed by atoms with Gasteiger partial charge in [-0.25, -0.2) is 4.79 Å². The Bertz CT molecular complexity index is 490. The minimum Gasteiger partial charge on any atom is -0.368 e. The number of urea groups is 1. The predicted molar refractivity (Wildman–Crippen MR) is 83.3 cm³/mol. The third kappa shape index (κ3) is 3.32. The largest absolute Gasteiger partial charge is 0.368 e. The summed E-state index contributed by atoms with van der Waals surface area (Å²) >= 11 is 0. The van der Waals surface area contributed by atoms with Crippen molar-refractivity contribution in [3.63, 3.8) is 0 Å². The molecule has 0 aromatic heterocycles. The highest BCUT2D eigenvalue weighted by molar-refractivity contribution is 5.74. The van der Waals surface area contributed by atoms with Gasteiger partial charge in [0.25, 0.3) is 0 Å². The van der Waals surface area contributed by atoms with Gasteiger partial charge in [-0.1, -0.05) is 12.1 Å². The average Bonchev–Trinajstić information content (AvgIpc) is 2.48. The monoisotopic (exact) mass is 273 g/mol. The lowest BCUT2D eigenvalue weighted by Crippen LogP contribution is -2.51. The second kappa shape index (κ2) is 6.46. The highest BCUT2D eigenvalue weighted by atomic mass is 16.2. The molecule has 1 heterocycles. The summed E-state index contributed by atoms with van der Waals surface area (Å²) in [7, 11) is 0. The smallest absolute Gasteiger partial charge is 0.317 e. The molecular formula is C16H23N3O. The second-order valence-electron chi connectivity index (χ2n) is 5.22. The van der Waals surface area contributed by atoms with E-state index < -0.39 is 0 Å². The molecule has 0 saturated carbocycles. The quantitative estimate of drug-likeness (QED) is 0.858. The lowest BCUT2D eigenvalue weighted by Gasteiger charge is -2.36. The molecule has 2 amide bonds. The van der Waals surface area contributed by atoms with Gasteiger partial charge in [0.2, 0.25) is 0 Å². The molecule has 0 spiro atoms. The second-order valence-corrected chi connectivity index (χ2v) is 5.22. The van der Waals surface area contributed by atoms with E-state index in [2.05, 4.69) is 48.8 Å². The zero-order chi connectivity index (χ0) is 14.5. The Kier molecular flexibility index (Phi) is 4.66. The van der Waals surface area contributed by atoms with Gasteiger partial charge in [0.15, 0.2) is 0 Å². The Hall–Kier alpha value is -1.97. The minimum absolute atomic E-state index is 0.00429. The van der Waals surface area contributed by atoms with Gasteiger partial charge in [-0.15, -0.1) is 6.58 Å². The van der Waals surface area contributed by atoms with Crippen LogP contribution < -0.4 is 10.2 Å². The first-order valence-corrected chi connectivity index (χ1v) is 7.07. The van der Waals surface area contributed by atoms with E-state index in [1.54, 1.807) is 6.08 Å². The number of piperazine rings is 1. The fourth-order valence-electron chi connectivity index (χ4n) is 2.36. The number of aryl methyl sites for hydroxylation is 2. The maximum Gasteiger partial charge on any atom is 0.317 e. The Morgan fingerprint density at radius 1 is 1.25 bits per heavy atom. The van der Waals surface area contributed by atoms with Crippen LogP contribution in [0.25, 0.3) is 0 Å². The molecule has 1 aromatic rings. The van der Waals surface area contributed by atoms with Crippen LogP contribution in [0.1, 0.15) is 11.1 Å². The van der Waals surface area contributed by atoms with E-state index >= 15 is 0 Å². The number of anilines is 1. The lowest BCUT2D eigenvalue weighted by molar-refractivity contribution is 0.195. The molecule has 0 unspecified atom stereocenters. The third-order valence-electron chi connectivity index (χ3n) is 3.82. The summed E-state index contributed by atoms with van der Waals surface area (Å²) < 4.78 is 0. The molecular weight excluding hydrogens is 250 g/mol. The molecule has 0 aliphatic carbocycles. The van der Waals surface area contributed by atoms with Gasteiger partial charge in [0, 0.05) is 38.4 Å². The number of nitrogens with zero attached hydrogens (tertiary/aromatic N) is 2. The van der Waals surface area contributed by atoms with Crippen LogP contribution in [-0.4, -0.2) is 43.7 Å². The zero-order valence-corrected chi connectivity index (χ0v) is 12.4. The first-order chi connectivity index (χ1) is 9.61. The molecule has 20 heavy (non-hydrogen) atoms. The molecule has 0 atom stereocenters. The van der Waals surface area contributed by atoms with Crippen molar-refractivity contribution in [1.82, 2.24) is 10.2 Å². The highest BCUT2D eigenvalue weighted by Crippen LogP contribution is 2.20. The van der Waals surface area contributed by atoms with E-state index in [0.29, 0.717) is 6.54 Å². The molecule has 2 rings (SSSR count). The van der Waals surface area contributed by atoms with Crippen LogP contribution in [0, 0.1) is 13.8 Å². The molecule has 108 valence electrons. The number of rotatable bonds is 3. The van der Waals surface area contributed by atoms with Crippen LogP contribution in [-0.2, 0) is 0 Å². The van der Waals surface area contributed by atoms with Gasteiger partial charge in [-0.05, 0) is 37.1 Å². The number of carbonyl (C=O) groups is 1. The number of hydrogen-bond donors (Lipinski definition) is 1. The van der Waals surface area contributed by atoms with E-state index in [9.17, 15) is 4.79 Å². The van der Waals surface area contributed by atoms with Crippen molar-refractivity contribution in [3.8, 4) is 0 Å². The number of amides is 2. The zero-order valence-electron chi connectivity index (χ0n) is 12.4. The van der Waals surface area contributed by atoms with Gasteiger partial charge in [0.05, 0.1) is 0 Å². The fraction of sp³-hybridized carbons (Fsp3) is 0.438. The summed E-state index contributed by atoms with van der Waals surface area (Å²) in [6.45, 7) is 11.7. The number of carbonyl (C=O) groups excluding carboxylic acids is 1. The average molecular weight is 273 g/mol. The van der Waals surface area contributed by atoms with E-state index in [1.165, 1.54) is 16.8 Å². The van der Waals surface area contributed by atoms with Crippen molar-refractivity contribution in [2.75, 3.05) is 37.6 Å². The van der Waals surface area contributed by atoms with E-state index in [0.717, 1.165) is 26.2 Å². The molecule has 4 nitrogen and oxygen atoms in total. The van der Waals surface area contributed by atoms with Crippen LogP contribution in [0.5, 0.6) is 0 Å². The normalized spacial score (nSPS) is 15.1. The van der Waals surface area contributed by atoms with E-state index in [-0.39, 0.29) is 6.03 Å². The Morgan fingerprint density at radius 3 is 2.55 bits per heavy atom. The lowest BCUT2D eigenvalue weighted by atomic mass is 10.1. The fourth-order valence-corrected chi connectivity index (χ4v) is 2.36. The maximum absolute atomic E-state index is 11.8. The van der Waals surface area contributed by atoms with E-state index in [4.69, 9.17) is 0 Å². The van der Waals surface area contributed by atoms with Crippen LogP contribution in [0.15, 0.2) is 30.9 Å². The molecule has 1 fully saturated rings. The number of hydrogen-bond acceptors (Lipinski definition) is 2. The third-order valence-corrected chi connectivity index (χ3v) is 3.82. The molecule has 1 saturated heterocycles. The molecule has 1 aliphatic heterocycles. The molecule has 1 aromatic carbocycles. The summed E-state index contributed by atoms with van der Waals surface area (Å²) in [4.78, 5) is 16.0. The summed E-state index contributed by atoms with van der Waals surface area (Å²) in [5.41, 5.74) is 3.88. The van der Waals surface area contributed by atoms with Crippen LogP contribution in [0.2, 0.25) is 0 Å². The molecule has 1 N–H and O–H groups in total. The van der Waals surface area contributed by atoms with Crippen LogP contribution in [0.3, 0.4) is 0 Å². The summed E-state index contributed by atoms with van der Waals surface area (Å²) in [5.74, 6) is 0. The maximum atomic E-state index is 11.8. The first-order valence-electron chi connectivity index (χ1n) is 7.07. The number of nitrogens with one attached hydrogen (secondary N) is 1. The topological polar surface area (TPSA) is 35.6 Å². The SMILES string of the molecule is C=CCNC(=O)N1CCN(c2ccc(C)c(C)c2)CC1. The number of benzene rings is 1. The van der Waals surface area contributed by atoms with Crippen molar-refractivity contribution in [2.24, 2.45) is 0 Å². The van der Waals surface area contributed by atoms with Gasteiger partial charge in [-0.2, -0.15) is 0 Å². The van der Waals surface area contributed by atoms with Crippen molar-refractivity contribution >= 4 is 11.7 Å². The molecule has 0 radical (unpaired) electrons. The molecule has 4 heteroatoms.